The zero-order valence-electron chi connectivity index (χ0n) is 10.3. The zero-order valence-corrected chi connectivity index (χ0v) is 11.1. The Morgan fingerprint density at radius 3 is 2.94 bits per heavy atom. The van der Waals surface area contributed by atoms with Crippen LogP contribution in [0, 0.1) is 5.92 Å². The molecule has 1 atom stereocenters. The molecule has 1 aliphatic carbocycles. The fraction of sp³-hybridized carbons (Fsp3) is 0.571. The van der Waals surface area contributed by atoms with Gasteiger partial charge in [-0.2, -0.15) is 11.8 Å². The van der Waals surface area contributed by atoms with E-state index < -0.39 is 0 Å². The summed E-state index contributed by atoms with van der Waals surface area (Å²) in [6.45, 7) is 1.52. The van der Waals surface area contributed by atoms with Gasteiger partial charge in [-0.15, -0.1) is 0 Å². The van der Waals surface area contributed by atoms with Crippen molar-refractivity contribution in [1.29, 1.82) is 0 Å². The summed E-state index contributed by atoms with van der Waals surface area (Å²) in [5.41, 5.74) is 1.30. The molecule has 1 saturated heterocycles. The van der Waals surface area contributed by atoms with Gasteiger partial charge in [0.1, 0.15) is 0 Å². The molecule has 1 unspecified atom stereocenters. The van der Waals surface area contributed by atoms with Crippen molar-refractivity contribution < 1.29 is 9.47 Å². The van der Waals surface area contributed by atoms with Crippen molar-refractivity contribution in [3.63, 3.8) is 0 Å². The zero-order chi connectivity index (χ0) is 11.9. The molecule has 1 aromatic rings. The van der Waals surface area contributed by atoms with Gasteiger partial charge in [0.25, 0.3) is 0 Å². The number of hydrogen-bond donors (Lipinski definition) is 0. The predicted molar refractivity (Wildman–Crippen MR) is 73.7 cm³/mol. The summed E-state index contributed by atoms with van der Waals surface area (Å²) < 4.78 is 10.9. The highest BCUT2D eigenvalue weighted by molar-refractivity contribution is 7.99. The van der Waals surface area contributed by atoms with Crippen LogP contribution in [0.2, 0.25) is 0 Å². The molecular weight excluding hydrogens is 246 g/mol. The van der Waals surface area contributed by atoms with Crippen LogP contribution in [-0.2, 0) is 0 Å². The van der Waals surface area contributed by atoms with Crippen molar-refractivity contribution in [2.24, 2.45) is 5.92 Å². The summed E-state index contributed by atoms with van der Waals surface area (Å²) in [5.74, 6) is 5.22. The number of ether oxygens (including phenoxy) is 2. The molecule has 96 valence electrons. The molecular formula is C14H17NO2S. The maximum atomic E-state index is 5.49. The molecule has 2 fully saturated rings. The Balaban J connectivity index is 1.63. The van der Waals surface area contributed by atoms with Crippen LogP contribution in [0.4, 0.5) is 5.69 Å². The molecule has 0 N–H and O–H groups in total. The fourth-order valence-corrected chi connectivity index (χ4v) is 4.06. The van der Waals surface area contributed by atoms with E-state index in [0.717, 1.165) is 30.0 Å². The maximum Gasteiger partial charge on any atom is 0.231 e. The molecule has 4 heteroatoms. The average molecular weight is 263 g/mol. The Morgan fingerprint density at radius 1 is 1.17 bits per heavy atom. The molecule has 3 aliphatic rings. The Hall–Kier alpha value is -1.03. The first-order valence-corrected chi connectivity index (χ1v) is 7.81. The lowest BCUT2D eigenvalue weighted by atomic mass is 10.1. The number of anilines is 1. The van der Waals surface area contributed by atoms with Gasteiger partial charge in [0.15, 0.2) is 11.5 Å². The second kappa shape index (κ2) is 4.26. The van der Waals surface area contributed by atoms with E-state index in [-0.39, 0.29) is 0 Å². The normalized spacial score (nSPS) is 26.4. The lowest BCUT2D eigenvalue weighted by Gasteiger charge is -2.37. The van der Waals surface area contributed by atoms with Crippen LogP contribution in [-0.4, -0.2) is 30.9 Å². The second-order valence-electron chi connectivity index (χ2n) is 5.21. The molecule has 1 saturated carbocycles. The molecule has 0 aromatic heterocycles. The van der Waals surface area contributed by atoms with Gasteiger partial charge in [0, 0.05) is 35.8 Å². The molecule has 2 heterocycles. The van der Waals surface area contributed by atoms with E-state index in [0.29, 0.717) is 6.79 Å². The van der Waals surface area contributed by atoms with Crippen LogP contribution in [0.3, 0.4) is 0 Å². The molecule has 0 bridgehead atoms. The SMILES string of the molecule is c1cc2c(cc1N1CCSCC1C1CC1)OCO2. The largest absolute Gasteiger partial charge is 0.454 e. The molecule has 4 rings (SSSR count). The van der Waals surface area contributed by atoms with Crippen molar-refractivity contribution in [3.05, 3.63) is 18.2 Å². The number of benzene rings is 1. The van der Waals surface area contributed by atoms with Crippen molar-refractivity contribution in [2.75, 3.05) is 29.7 Å². The van der Waals surface area contributed by atoms with Gasteiger partial charge in [-0.05, 0) is 30.9 Å². The number of rotatable bonds is 2. The van der Waals surface area contributed by atoms with Gasteiger partial charge in [-0.3, -0.25) is 0 Å². The summed E-state index contributed by atoms with van der Waals surface area (Å²) >= 11 is 2.10. The maximum absolute atomic E-state index is 5.49. The van der Waals surface area contributed by atoms with Crippen molar-refractivity contribution in [2.45, 2.75) is 18.9 Å². The highest BCUT2D eigenvalue weighted by Crippen LogP contribution is 2.42. The van der Waals surface area contributed by atoms with Crippen LogP contribution in [0.1, 0.15) is 12.8 Å². The van der Waals surface area contributed by atoms with Gasteiger partial charge < -0.3 is 14.4 Å². The third-order valence-electron chi connectivity index (χ3n) is 4.02. The first-order chi connectivity index (χ1) is 8.92. The van der Waals surface area contributed by atoms with Crippen LogP contribution in [0.15, 0.2) is 18.2 Å². The van der Waals surface area contributed by atoms with Gasteiger partial charge in [-0.1, -0.05) is 0 Å². The smallest absolute Gasteiger partial charge is 0.231 e. The van der Waals surface area contributed by atoms with E-state index >= 15 is 0 Å². The Labute approximate surface area is 111 Å². The third kappa shape index (κ3) is 1.83. The molecule has 3 nitrogen and oxygen atoms in total. The van der Waals surface area contributed by atoms with E-state index in [1.807, 2.05) is 6.07 Å². The molecule has 18 heavy (non-hydrogen) atoms. The van der Waals surface area contributed by atoms with Crippen LogP contribution < -0.4 is 14.4 Å². The minimum Gasteiger partial charge on any atom is -0.454 e. The number of thioether (sulfide) groups is 1. The Morgan fingerprint density at radius 2 is 2.06 bits per heavy atom. The van der Waals surface area contributed by atoms with E-state index in [2.05, 4.69) is 28.8 Å². The molecule has 0 radical (unpaired) electrons. The molecule has 1 aromatic carbocycles. The van der Waals surface area contributed by atoms with Crippen LogP contribution in [0.5, 0.6) is 11.5 Å². The topological polar surface area (TPSA) is 21.7 Å². The van der Waals surface area contributed by atoms with E-state index in [1.165, 1.54) is 30.0 Å². The van der Waals surface area contributed by atoms with Crippen molar-refractivity contribution in [3.8, 4) is 11.5 Å². The quantitative estimate of drug-likeness (QED) is 0.818. The second-order valence-corrected chi connectivity index (χ2v) is 6.36. The number of nitrogens with zero attached hydrogens (tertiary/aromatic N) is 1. The monoisotopic (exact) mass is 263 g/mol. The highest BCUT2D eigenvalue weighted by Gasteiger charge is 2.37. The summed E-state index contributed by atoms with van der Waals surface area (Å²) in [6, 6.07) is 7.10. The summed E-state index contributed by atoms with van der Waals surface area (Å²) in [6.07, 6.45) is 2.82. The highest BCUT2D eigenvalue weighted by atomic mass is 32.2. The van der Waals surface area contributed by atoms with E-state index in [1.54, 1.807) is 0 Å². The Bertz CT molecular complexity index is 461. The standard InChI is InChI=1S/C14H17NO2S/c1-2-10(1)12-8-18-6-5-15(12)11-3-4-13-14(7-11)17-9-16-13/h3-4,7,10,12H,1-2,5-6,8-9H2. The number of hydrogen-bond acceptors (Lipinski definition) is 4. The van der Waals surface area contributed by atoms with Crippen molar-refractivity contribution in [1.82, 2.24) is 0 Å². The van der Waals surface area contributed by atoms with Crippen LogP contribution in [0.25, 0.3) is 0 Å². The summed E-state index contributed by atoms with van der Waals surface area (Å²) in [7, 11) is 0. The van der Waals surface area contributed by atoms with Crippen molar-refractivity contribution >= 4 is 17.4 Å². The first-order valence-electron chi connectivity index (χ1n) is 6.66. The molecule has 0 spiro atoms. The molecule has 0 amide bonds. The van der Waals surface area contributed by atoms with Gasteiger partial charge in [0.2, 0.25) is 6.79 Å². The van der Waals surface area contributed by atoms with Crippen LogP contribution >= 0.6 is 11.8 Å². The van der Waals surface area contributed by atoms with Gasteiger partial charge >= 0.3 is 0 Å². The van der Waals surface area contributed by atoms with E-state index in [4.69, 9.17) is 9.47 Å². The van der Waals surface area contributed by atoms with Gasteiger partial charge in [-0.25, -0.2) is 0 Å². The summed E-state index contributed by atoms with van der Waals surface area (Å²) in [4.78, 5) is 2.58. The fourth-order valence-electron chi connectivity index (χ4n) is 2.88. The lowest BCUT2D eigenvalue weighted by molar-refractivity contribution is 0.174. The lowest BCUT2D eigenvalue weighted by Crippen LogP contribution is -2.43. The minimum atomic E-state index is 0.362. The number of fused-ring (bicyclic) bond motifs is 1. The molecule has 2 aliphatic heterocycles. The average Bonchev–Trinajstić information content (AvgIpc) is 3.16. The minimum absolute atomic E-state index is 0.362. The predicted octanol–water partition coefficient (Wildman–Crippen LogP) is 2.75. The van der Waals surface area contributed by atoms with E-state index in [9.17, 15) is 0 Å². The first kappa shape index (κ1) is 10.9. The third-order valence-corrected chi connectivity index (χ3v) is 5.07. The summed E-state index contributed by atoms with van der Waals surface area (Å²) in [5, 5.41) is 0. The Kier molecular flexibility index (Phi) is 2.57. The van der Waals surface area contributed by atoms with Gasteiger partial charge in [0.05, 0.1) is 0 Å².